The maximum Gasteiger partial charge on any atom is 0.292 e. The number of para-hydroxylation sites is 1. The first-order chi connectivity index (χ1) is 15.6. The van der Waals surface area contributed by atoms with Gasteiger partial charge in [0.05, 0.1) is 6.54 Å². The highest BCUT2D eigenvalue weighted by Gasteiger charge is 2.14. The van der Waals surface area contributed by atoms with Crippen LogP contribution in [0.15, 0.2) is 90.0 Å². The molecule has 0 bridgehead atoms. The molecule has 32 heavy (non-hydrogen) atoms. The second kappa shape index (κ2) is 10.0. The van der Waals surface area contributed by atoms with Crippen LogP contribution in [0.1, 0.15) is 27.4 Å². The number of ether oxygens (including phenoxy) is 1. The van der Waals surface area contributed by atoms with Crippen LogP contribution >= 0.6 is 11.6 Å². The van der Waals surface area contributed by atoms with Crippen molar-refractivity contribution in [3.8, 4) is 5.75 Å². The fraction of sp³-hybridized carbons (Fsp3) is 0.120. The highest BCUT2D eigenvalue weighted by atomic mass is 35.5. The number of allylic oxidation sites excluding steroid dienone is 1. The molecule has 0 aliphatic heterocycles. The van der Waals surface area contributed by atoms with Crippen LogP contribution in [0.4, 0.5) is 5.82 Å². The number of benzene rings is 2. The van der Waals surface area contributed by atoms with Crippen molar-refractivity contribution in [2.24, 2.45) is 0 Å². The number of hydrogen-bond donors (Lipinski definition) is 1. The van der Waals surface area contributed by atoms with Gasteiger partial charge < -0.3 is 14.5 Å². The Balaban J connectivity index is 1.33. The van der Waals surface area contributed by atoms with Crippen molar-refractivity contribution in [1.29, 1.82) is 0 Å². The molecule has 0 saturated heterocycles. The van der Waals surface area contributed by atoms with Crippen LogP contribution in [0.2, 0.25) is 5.02 Å². The number of anilines is 1. The normalized spacial score (nSPS) is 10.7. The Kier molecular flexibility index (Phi) is 6.72. The standard InChI is InChI=1S/C25H22ClN3O3/c1-2-5-19-6-3-4-7-22(19)31-17-21-12-13-23(32-21)25(30)27-24-14-15-29(28-24)16-18-8-10-20(26)11-9-18/h2-4,6-15H,1,5,16-17H2,(H,27,28,30). The van der Waals surface area contributed by atoms with Gasteiger partial charge in [-0.25, -0.2) is 0 Å². The Labute approximate surface area is 191 Å². The van der Waals surface area contributed by atoms with Crippen molar-refractivity contribution in [3.63, 3.8) is 0 Å². The zero-order valence-corrected chi connectivity index (χ0v) is 18.1. The minimum atomic E-state index is -0.375. The number of carbonyl (C=O) groups excluding carboxylic acids is 1. The summed E-state index contributed by atoms with van der Waals surface area (Å²) in [7, 11) is 0. The number of aromatic nitrogens is 2. The zero-order valence-electron chi connectivity index (χ0n) is 17.3. The van der Waals surface area contributed by atoms with Gasteiger partial charge in [-0.3, -0.25) is 9.48 Å². The average Bonchev–Trinajstić information content (AvgIpc) is 3.45. The molecular formula is C25H22ClN3O3. The summed E-state index contributed by atoms with van der Waals surface area (Å²) < 4.78 is 13.2. The maximum atomic E-state index is 12.5. The van der Waals surface area contributed by atoms with Crippen LogP contribution in [0, 0.1) is 0 Å². The lowest BCUT2D eigenvalue weighted by atomic mass is 10.1. The third-order valence-corrected chi connectivity index (χ3v) is 4.98. The predicted octanol–water partition coefficient (Wildman–Crippen LogP) is 5.74. The largest absolute Gasteiger partial charge is 0.485 e. The van der Waals surface area contributed by atoms with Crippen LogP contribution in [0.25, 0.3) is 0 Å². The molecule has 4 aromatic rings. The number of carbonyl (C=O) groups is 1. The first kappa shape index (κ1) is 21.5. The van der Waals surface area contributed by atoms with Gasteiger partial charge in [-0.1, -0.05) is 48.0 Å². The second-order valence-electron chi connectivity index (χ2n) is 7.13. The summed E-state index contributed by atoms with van der Waals surface area (Å²) in [5, 5.41) is 7.82. The van der Waals surface area contributed by atoms with Gasteiger partial charge in [0.15, 0.2) is 11.6 Å². The van der Waals surface area contributed by atoms with Gasteiger partial charge in [0.2, 0.25) is 0 Å². The molecule has 1 N–H and O–H groups in total. The quantitative estimate of drug-likeness (QED) is 0.332. The first-order valence-corrected chi connectivity index (χ1v) is 10.5. The van der Waals surface area contributed by atoms with Crippen LogP contribution < -0.4 is 10.1 Å². The van der Waals surface area contributed by atoms with Gasteiger partial charge in [-0.15, -0.1) is 6.58 Å². The lowest BCUT2D eigenvalue weighted by Crippen LogP contribution is -2.12. The molecule has 0 saturated carbocycles. The van der Waals surface area contributed by atoms with E-state index in [2.05, 4.69) is 17.0 Å². The van der Waals surface area contributed by atoms with Gasteiger partial charge >= 0.3 is 0 Å². The minimum Gasteiger partial charge on any atom is -0.485 e. The lowest BCUT2D eigenvalue weighted by molar-refractivity contribution is 0.0992. The molecule has 0 fully saturated rings. The molecule has 7 heteroatoms. The Morgan fingerprint density at radius 2 is 1.94 bits per heavy atom. The van der Waals surface area contributed by atoms with Gasteiger partial charge in [0, 0.05) is 17.3 Å². The van der Waals surface area contributed by atoms with E-state index in [4.69, 9.17) is 20.8 Å². The Morgan fingerprint density at radius 3 is 2.75 bits per heavy atom. The number of amides is 1. The van der Waals surface area contributed by atoms with Crippen LogP contribution in [0.3, 0.4) is 0 Å². The molecule has 2 heterocycles. The lowest BCUT2D eigenvalue weighted by Gasteiger charge is -2.08. The third-order valence-electron chi connectivity index (χ3n) is 4.73. The first-order valence-electron chi connectivity index (χ1n) is 10.1. The topological polar surface area (TPSA) is 69.3 Å². The van der Waals surface area contributed by atoms with E-state index in [1.807, 2.05) is 54.6 Å². The highest BCUT2D eigenvalue weighted by Crippen LogP contribution is 2.21. The Bertz CT molecular complexity index is 1210. The van der Waals surface area contributed by atoms with Crippen molar-refractivity contribution in [2.45, 2.75) is 19.6 Å². The summed E-state index contributed by atoms with van der Waals surface area (Å²) in [4.78, 5) is 12.5. The third kappa shape index (κ3) is 5.47. The number of hydrogen-bond acceptors (Lipinski definition) is 4. The van der Waals surface area contributed by atoms with Crippen molar-refractivity contribution in [3.05, 3.63) is 113 Å². The van der Waals surface area contributed by atoms with Crippen LogP contribution in [0.5, 0.6) is 5.75 Å². The molecule has 0 aliphatic rings. The van der Waals surface area contributed by atoms with E-state index < -0.39 is 0 Å². The van der Waals surface area contributed by atoms with Crippen molar-refractivity contribution in [1.82, 2.24) is 9.78 Å². The molecule has 0 radical (unpaired) electrons. The fourth-order valence-electron chi connectivity index (χ4n) is 3.17. The summed E-state index contributed by atoms with van der Waals surface area (Å²) in [5.74, 6) is 1.57. The van der Waals surface area contributed by atoms with Crippen LogP contribution in [-0.2, 0) is 19.6 Å². The van der Waals surface area contributed by atoms with Gasteiger partial charge in [0.1, 0.15) is 18.1 Å². The molecule has 2 aromatic heterocycles. The van der Waals surface area contributed by atoms with Crippen molar-refractivity contribution < 1.29 is 13.9 Å². The smallest absolute Gasteiger partial charge is 0.292 e. The molecule has 4 rings (SSSR count). The van der Waals surface area contributed by atoms with E-state index in [0.29, 0.717) is 29.6 Å². The number of furan rings is 1. The number of nitrogens with one attached hydrogen (secondary N) is 1. The molecule has 6 nitrogen and oxygen atoms in total. The summed E-state index contributed by atoms with van der Waals surface area (Å²) in [6.45, 7) is 4.56. The summed E-state index contributed by atoms with van der Waals surface area (Å²) in [5.41, 5.74) is 2.10. The van der Waals surface area contributed by atoms with E-state index in [1.165, 1.54) is 0 Å². The number of nitrogens with zero attached hydrogens (tertiary/aromatic N) is 2. The molecule has 0 spiro atoms. The maximum absolute atomic E-state index is 12.5. The molecular weight excluding hydrogens is 426 g/mol. The zero-order chi connectivity index (χ0) is 22.3. The number of halogens is 1. The van der Waals surface area contributed by atoms with Crippen molar-refractivity contribution >= 4 is 23.3 Å². The highest BCUT2D eigenvalue weighted by molar-refractivity contribution is 6.30. The van der Waals surface area contributed by atoms with Gasteiger partial charge in [0.25, 0.3) is 5.91 Å². The molecule has 0 unspecified atom stereocenters. The van der Waals surface area contributed by atoms with Crippen molar-refractivity contribution in [2.75, 3.05) is 5.32 Å². The monoisotopic (exact) mass is 447 g/mol. The second-order valence-corrected chi connectivity index (χ2v) is 7.57. The summed E-state index contributed by atoms with van der Waals surface area (Å²) in [6, 6.07) is 20.4. The molecule has 2 aromatic carbocycles. The average molecular weight is 448 g/mol. The molecule has 0 aliphatic carbocycles. The van der Waals surface area contributed by atoms with Gasteiger partial charge in [-0.05, 0) is 47.9 Å². The van der Waals surface area contributed by atoms with E-state index in [1.54, 1.807) is 29.1 Å². The SMILES string of the molecule is C=CCc1ccccc1OCc1ccc(C(=O)Nc2ccn(Cc3ccc(Cl)cc3)n2)o1. The van der Waals surface area contributed by atoms with E-state index in [0.717, 1.165) is 16.9 Å². The molecule has 0 atom stereocenters. The Morgan fingerprint density at radius 1 is 1.12 bits per heavy atom. The van der Waals surface area contributed by atoms with Gasteiger partial charge in [-0.2, -0.15) is 5.10 Å². The van der Waals surface area contributed by atoms with Crippen LogP contribution in [-0.4, -0.2) is 15.7 Å². The predicted molar refractivity (Wildman–Crippen MR) is 124 cm³/mol. The Hall–Kier alpha value is -3.77. The molecule has 1 amide bonds. The summed E-state index contributed by atoms with van der Waals surface area (Å²) in [6.07, 6.45) is 4.34. The summed E-state index contributed by atoms with van der Waals surface area (Å²) >= 11 is 5.92. The van der Waals surface area contributed by atoms with E-state index in [9.17, 15) is 4.79 Å². The van der Waals surface area contributed by atoms with E-state index >= 15 is 0 Å². The molecule has 162 valence electrons. The van der Waals surface area contributed by atoms with E-state index in [-0.39, 0.29) is 18.3 Å². The number of rotatable bonds is 9. The minimum absolute atomic E-state index is 0.190. The fourth-order valence-corrected chi connectivity index (χ4v) is 3.29.